The monoisotopic (exact) mass is 367 g/mol. The maximum absolute atomic E-state index is 12.5. The fraction of sp³-hybridized carbons (Fsp3) is 0.333. The SMILES string of the molecule is COc1cc(NC(=O)N2CCN(Cc3cccc(C)c3)C(=O)C2)ccc1C. The Morgan fingerprint density at radius 2 is 1.96 bits per heavy atom. The van der Waals surface area contributed by atoms with E-state index in [1.165, 1.54) is 5.56 Å². The van der Waals surface area contributed by atoms with Crippen LogP contribution in [-0.4, -0.2) is 48.5 Å². The highest BCUT2D eigenvalue weighted by Gasteiger charge is 2.27. The Morgan fingerprint density at radius 3 is 2.67 bits per heavy atom. The van der Waals surface area contributed by atoms with Gasteiger partial charge in [-0.05, 0) is 31.0 Å². The molecule has 0 unspecified atom stereocenters. The van der Waals surface area contributed by atoms with Crippen molar-refractivity contribution >= 4 is 17.6 Å². The first kappa shape index (κ1) is 18.8. The molecule has 1 heterocycles. The summed E-state index contributed by atoms with van der Waals surface area (Å²) < 4.78 is 5.28. The Balaban J connectivity index is 1.58. The second-order valence-corrected chi connectivity index (χ2v) is 6.84. The number of hydrogen-bond donors (Lipinski definition) is 1. The summed E-state index contributed by atoms with van der Waals surface area (Å²) in [6.45, 7) is 5.67. The lowest BCUT2D eigenvalue weighted by molar-refractivity contribution is -0.135. The van der Waals surface area contributed by atoms with Crippen LogP contribution in [0.3, 0.4) is 0 Å². The van der Waals surface area contributed by atoms with Crippen molar-refractivity contribution in [1.82, 2.24) is 9.80 Å². The van der Waals surface area contributed by atoms with E-state index in [0.29, 0.717) is 31.1 Å². The number of amides is 3. The van der Waals surface area contributed by atoms with Crippen molar-refractivity contribution in [3.8, 4) is 5.75 Å². The molecule has 1 N–H and O–H groups in total. The number of urea groups is 1. The molecule has 1 saturated heterocycles. The van der Waals surface area contributed by atoms with Crippen LogP contribution in [0.5, 0.6) is 5.75 Å². The molecule has 0 bridgehead atoms. The minimum absolute atomic E-state index is 0.0422. The molecule has 142 valence electrons. The highest BCUT2D eigenvalue weighted by atomic mass is 16.5. The van der Waals surface area contributed by atoms with Crippen LogP contribution in [-0.2, 0) is 11.3 Å². The third-order valence-electron chi connectivity index (χ3n) is 4.72. The lowest BCUT2D eigenvalue weighted by Gasteiger charge is -2.34. The third-order valence-corrected chi connectivity index (χ3v) is 4.72. The number of ether oxygens (including phenoxy) is 1. The fourth-order valence-corrected chi connectivity index (χ4v) is 3.18. The number of nitrogens with one attached hydrogen (secondary N) is 1. The molecule has 1 fully saturated rings. The molecule has 6 nitrogen and oxygen atoms in total. The molecule has 6 heteroatoms. The smallest absolute Gasteiger partial charge is 0.322 e. The van der Waals surface area contributed by atoms with Gasteiger partial charge in [-0.3, -0.25) is 4.79 Å². The molecule has 1 aliphatic heterocycles. The van der Waals surface area contributed by atoms with Crippen LogP contribution in [0.4, 0.5) is 10.5 Å². The van der Waals surface area contributed by atoms with Crippen LogP contribution in [0.25, 0.3) is 0 Å². The Labute approximate surface area is 159 Å². The minimum Gasteiger partial charge on any atom is -0.496 e. The first-order valence-electron chi connectivity index (χ1n) is 9.00. The molecular formula is C21H25N3O3. The van der Waals surface area contributed by atoms with E-state index >= 15 is 0 Å². The summed E-state index contributed by atoms with van der Waals surface area (Å²) >= 11 is 0. The topological polar surface area (TPSA) is 61.9 Å². The molecule has 0 aliphatic carbocycles. The molecule has 0 aromatic heterocycles. The number of benzene rings is 2. The molecular weight excluding hydrogens is 342 g/mol. The molecule has 27 heavy (non-hydrogen) atoms. The summed E-state index contributed by atoms with van der Waals surface area (Å²) in [5.41, 5.74) is 3.92. The van der Waals surface area contributed by atoms with E-state index < -0.39 is 0 Å². The molecule has 3 rings (SSSR count). The largest absolute Gasteiger partial charge is 0.496 e. The van der Waals surface area contributed by atoms with E-state index in [-0.39, 0.29) is 18.5 Å². The first-order chi connectivity index (χ1) is 13.0. The lowest BCUT2D eigenvalue weighted by atomic mass is 10.1. The van der Waals surface area contributed by atoms with Crippen molar-refractivity contribution in [2.75, 3.05) is 32.1 Å². The van der Waals surface area contributed by atoms with Crippen LogP contribution >= 0.6 is 0 Å². The van der Waals surface area contributed by atoms with Gasteiger partial charge in [0.05, 0.1) is 7.11 Å². The Morgan fingerprint density at radius 1 is 1.15 bits per heavy atom. The van der Waals surface area contributed by atoms with Gasteiger partial charge in [0.2, 0.25) is 5.91 Å². The molecule has 3 amide bonds. The minimum atomic E-state index is -0.274. The summed E-state index contributed by atoms with van der Waals surface area (Å²) in [6, 6.07) is 13.3. The quantitative estimate of drug-likeness (QED) is 0.903. The zero-order valence-corrected chi connectivity index (χ0v) is 16.0. The Bertz CT molecular complexity index is 850. The highest BCUT2D eigenvalue weighted by molar-refractivity contribution is 5.93. The lowest BCUT2D eigenvalue weighted by Crippen LogP contribution is -2.52. The number of hydrogen-bond acceptors (Lipinski definition) is 3. The van der Waals surface area contributed by atoms with E-state index in [0.717, 1.165) is 11.1 Å². The number of nitrogens with zero attached hydrogens (tertiary/aromatic N) is 2. The number of rotatable bonds is 4. The van der Waals surface area contributed by atoms with Crippen molar-refractivity contribution in [3.05, 3.63) is 59.2 Å². The van der Waals surface area contributed by atoms with Crippen molar-refractivity contribution in [2.45, 2.75) is 20.4 Å². The average Bonchev–Trinajstić information content (AvgIpc) is 2.65. The van der Waals surface area contributed by atoms with Crippen molar-refractivity contribution in [3.63, 3.8) is 0 Å². The number of piperazine rings is 1. The Hall–Kier alpha value is -3.02. The van der Waals surface area contributed by atoms with Gasteiger partial charge in [-0.2, -0.15) is 0 Å². The van der Waals surface area contributed by atoms with Gasteiger partial charge >= 0.3 is 6.03 Å². The molecule has 2 aromatic rings. The maximum Gasteiger partial charge on any atom is 0.322 e. The molecule has 0 atom stereocenters. The van der Waals surface area contributed by atoms with Gasteiger partial charge in [-0.25, -0.2) is 4.79 Å². The second kappa shape index (κ2) is 8.12. The molecule has 0 saturated carbocycles. The molecule has 1 aliphatic rings. The van der Waals surface area contributed by atoms with E-state index in [9.17, 15) is 9.59 Å². The average molecular weight is 367 g/mol. The second-order valence-electron chi connectivity index (χ2n) is 6.84. The van der Waals surface area contributed by atoms with Gasteiger partial charge in [0, 0.05) is 31.4 Å². The van der Waals surface area contributed by atoms with E-state index in [2.05, 4.69) is 11.4 Å². The van der Waals surface area contributed by atoms with Crippen LogP contribution in [0.2, 0.25) is 0 Å². The molecule has 0 spiro atoms. The van der Waals surface area contributed by atoms with Gasteiger partial charge in [-0.15, -0.1) is 0 Å². The molecule has 2 aromatic carbocycles. The third kappa shape index (κ3) is 4.58. The Kier molecular flexibility index (Phi) is 5.64. The number of aryl methyl sites for hydroxylation is 2. The summed E-state index contributed by atoms with van der Waals surface area (Å²) in [4.78, 5) is 28.3. The zero-order valence-electron chi connectivity index (χ0n) is 16.0. The van der Waals surface area contributed by atoms with Crippen LogP contribution in [0, 0.1) is 13.8 Å². The number of methoxy groups -OCH3 is 1. The van der Waals surface area contributed by atoms with Crippen LogP contribution in [0.15, 0.2) is 42.5 Å². The summed E-state index contributed by atoms with van der Waals surface area (Å²) in [7, 11) is 1.60. The van der Waals surface area contributed by atoms with Gasteiger partial charge in [0.15, 0.2) is 0 Å². The number of carbonyl (C=O) groups is 2. The zero-order chi connectivity index (χ0) is 19.4. The van der Waals surface area contributed by atoms with Crippen molar-refractivity contribution < 1.29 is 14.3 Å². The summed E-state index contributed by atoms with van der Waals surface area (Å²) in [5.74, 6) is 0.672. The highest BCUT2D eigenvalue weighted by Crippen LogP contribution is 2.22. The van der Waals surface area contributed by atoms with Gasteiger partial charge in [0.25, 0.3) is 0 Å². The normalized spacial score (nSPS) is 14.3. The number of anilines is 1. The van der Waals surface area contributed by atoms with Crippen molar-refractivity contribution in [1.29, 1.82) is 0 Å². The van der Waals surface area contributed by atoms with Gasteiger partial charge < -0.3 is 19.9 Å². The molecule has 0 radical (unpaired) electrons. The predicted molar refractivity (Wildman–Crippen MR) is 105 cm³/mol. The van der Waals surface area contributed by atoms with Gasteiger partial charge in [-0.1, -0.05) is 35.9 Å². The standard InChI is InChI=1S/C21H25N3O3/c1-15-5-4-6-17(11-15)13-23-9-10-24(14-20(23)25)21(26)22-18-8-7-16(2)19(12-18)27-3/h4-8,11-12H,9-10,13-14H2,1-3H3,(H,22,26). The summed E-state index contributed by atoms with van der Waals surface area (Å²) in [6.07, 6.45) is 0. The van der Waals surface area contributed by atoms with Crippen LogP contribution in [0.1, 0.15) is 16.7 Å². The van der Waals surface area contributed by atoms with E-state index in [1.807, 2.05) is 44.2 Å². The summed E-state index contributed by atoms with van der Waals surface area (Å²) in [5, 5.41) is 2.84. The maximum atomic E-state index is 12.5. The first-order valence-corrected chi connectivity index (χ1v) is 9.00. The predicted octanol–water partition coefficient (Wildman–Crippen LogP) is 3.19. The van der Waals surface area contributed by atoms with E-state index in [4.69, 9.17) is 4.74 Å². The van der Waals surface area contributed by atoms with E-state index in [1.54, 1.807) is 23.0 Å². The fourth-order valence-electron chi connectivity index (χ4n) is 3.18. The van der Waals surface area contributed by atoms with Crippen LogP contribution < -0.4 is 10.1 Å². The van der Waals surface area contributed by atoms with Crippen molar-refractivity contribution in [2.24, 2.45) is 0 Å². The number of carbonyl (C=O) groups excluding carboxylic acids is 2. The van der Waals surface area contributed by atoms with Gasteiger partial charge in [0.1, 0.15) is 12.3 Å².